The molecule has 0 fully saturated rings. The van der Waals surface area contributed by atoms with Crippen molar-refractivity contribution in [2.75, 3.05) is 0 Å². The minimum absolute atomic E-state index is 0.124. The van der Waals surface area contributed by atoms with Crippen LogP contribution in [0.25, 0.3) is 0 Å². The maximum absolute atomic E-state index is 10.8. The molecule has 1 aromatic carbocycles. The molecule has 7 nitrogen and oxygen atoms in total. The van der Waals surface area contributed by atoms with E-state index >= 15 is 0 Å². The number of hydrogen-bond acceptors (Lipinski definition) is 6. The number of aliphatic carboxylic acids is 1. The Bertz CT molecular complexity index is 467. The Morgan fingerprint density at radius 3 is 2.50 bits per heavy atom. The van der Waals surface area contributed by atoms with Crippen LogP contribution in [0, 0.1) is 10.1 Å². The Morgan fingerprint density at radius 2 is 2.00 bits per heavy atom. The number of nitrogens with zero attached hydrogens (tertiary/aromatic N) is 1. The summed E-state index contributed by atoms with van der Waals surface area (Å²) in [7, 11) is 0. The Kier molecular flexibility index (Phi) is 3.19. The fraction of sp³-hybridized carbons (Fsp3) is 0.111. The third-order valence-corrected chi connectivity index (χ3v) is 1.83. The van der Waals surface area contributed by atoms with Gasteiger partial charge in [0, 0.05) is 12.5 Å². The van der Waals surface area contributed by atoms with Crippen molar-refractivity contribution in [1.82, 2.24) is 0 Å². The number of carbonyl (C=O) groups is 2. The van der Waals surface area contributed by atoms with Crippen molar-refractivity contribution in [2.24, 2.45) is 0 Å². The number of carboxylic acids is 1. The van der Waals surface area contributed by atoms with Crippen molar-refractivity contribution in [3.8, 4) is 5.75 Å². The van der Waals surface area contributed by atoms with Gasteiger partial charge in [0.05, 0.1) is 4.92 Å². The first-order chi connectivity index (χ1) is 7.41. The van der Waals surface area contributed by atoms with Gasteiger partial charge in [0.1, 0.15) is 5.97 Å². The Hall–Kier alpha value is -2.44. The number of aromatic hydroxyl groups is 1. The van der Waals surface area contributed by atoms with Gasteiger partial charge in [-0.3, -0.25) is 14.9 Å². The number of hydrogen-bond donors (Lipinski definition) is 1. The van der Waals surface area contributed by atoms with Crippen molar-refractivity contribution in [3.63, 3.8) is 0 Å². The number of ketones is 1. The number of phenols is 1. The number of benzene rings is 1. The Labute approximate surface area is 89.1 Å². The fourth-order valence-electron chi connectivity index (χ4n) is 1.08. The van der Waals surface area contributed by atoms with Gasteiger partial charge in [0.25, 0.3) is 0 Å². The zero-order chi connectivity index (χ0) is 12.3. The van der Waals surface area contributed by atoms with Crippen LogP contribution >= 0.6 is 0 Å². The molecule has 1 N–H and O–H groups in total. The van der Waals surface area contributed by atoms with E-state index in [2.05, 4.69) is 0 Å². The van der Waals surface area contributed by atoms with Gasteiger partial charge in [-0.15, -0.1) is 0 Å². The molecule has 1 rings (SSSR count). The van der Waals surface area contributed by atoms with Crippen molar-refractivity contribution >= 4 is 17.4 Å². The molecule has 0 aromatic heterocycles. The van der Waals surface area contributed by atoms with Crippen LogP contribution in [-0.2, 0) is 16.0 Å². The second kappa shape index (κ2) is 4.39. The number of nitro benzene ring substituents is 1. The van der Waals surface area contributed by atoms with Gasteiger partial charge in [0.2, 0.25) is 0 Å². The lowest BCUT2D eigenvalue weighted by Crippen LogP contribution is -2.32. The van der Waals surface area contributed by atoms with Crippen LogP contribution in [-0.4, -0.2) is 21.8 Å². The first-order valence-corrected chi connectivity index (χ1v) is 4.12. The van der Waals surface area contributed by atoms with Crippen molar-refractivity contribution in [3.05, 3.63) is 33.9 Å². The monoisotopic (exact) mass is 224 g/mol. The van der Waals surface area contributed by atoms with Gasteiger partial charge in [-0.2, -0.15) is 0 Å². The lowest BCUT2D eigenvalue weighted by Gasteiger charge is -2.02. The van der Waals surface area contributed by atoms with E-state index in [4.69, 9.17) is 5.11 Å². The summed E-state index contributed by atoms with van der Waals surface area (Å²) in [4.78, 5) is 30.5. The molecule has 0 aliphatic rings. The van der Waals surface area contributed by atoms with Gasteiger partial charge in [-0.25, -0.2) is 0 Å². The summed E-state index contributed by atoms with van der Waals surface area (Å²) in [6.45, 7) is 0. The van der Waals surface area contributed by atoms with Gasteiger partial charge in [-0.05, 0) is 11.6 Å². The highest BCUT2D eigenvalue weighted by Gasteiger charge is 2.15. The smallest absolute Gasteiger partial charge is 0.310 e. The summed E-state index contributed by atoms with van der Waals surface area (Å²) < 4.78 is 0. The first-order valence-electron chi connectivity index (χ1n) is 4.12. The van der Waals surface area contributed by atoms with E-state index in [1.807, 2.05) is 0 Å². The molecule has 0 spiro atoms. The summed E-state index contributed by atoms with van der Waals surface area (Å²) in [5.41, 5.74) is -0.456. The lowest BCUT2D eigenvalue weighted by atomic mass is 10.1. The topological polar surface area (TPSA) is 121 Å². The highest BCUT2D eigenvalue weighted by molar-refractivity contribution is 6.32. The van der Waals surface area contributed by atoms with Crippen LogP contribution in [0.2, 0.25) is 0 Å². The van der Waals surface area contributed by atoms with Crippen LogP contribution in [0.5, 0.6) is 5.75 Å². The number of carboxylic acid groups (broad SMARTS) is 1. The lowest BCUT2D eigenvalue weighted by molar-refractivity contribution is -0.385. The van der Waals surface area contributed by atoms with E-state index < -0.39 is 34.5 Å². The molecular formula is C9H6NO6-. The molecule has 0 saturated heterocycles. The second-order valence-corrected chi connectivity index (χ2v) is 2.97. The van der Waals surface area contributed by atoms with Crippen LogP contribution in [0.3, 0.4) is 0 Å². The molecule has 1 aromatic rings. The van der Waals surface area contributed by atoms with Gasteiger partial charge in [0.15, 0.2) is 11.5 Å². The predicted octanol–water partition coefficient (Wildman–Crippen LogP) is -0.838. The average molecular weight is 224 g/mol. The summed E-state index contributed by atoms with van der Waals surface area (Å²) in [6.07, 6.45) is -0.510. The second-order valence-electron chi connectivity index (χ2n) is 2.97. The molecule has 84 valence electrons. The third kappa shape index (κ3) is 2.53. The van der Waals surface area contributed by atoms with Crippen molar-refractivity contribution in [2.45, 2.75) is 6.42 Å². The average Bonchev–Trinajstić information content (AvgIpc) is 2.20. The molecule has 7 heteroatoms. The molecule has 0 bridgehead atoms. The Morgan fingerprint density at radius 1 is 1.38 bits per heavy atom. The predicted molar refractivity (Wildman–Crippen MR) is 48.5 cm³/mol. The summed E-state index contributed by atoms with van der Waals surface area (Å²) >= 11 is 0. The number of Topliss-reactive ketones (excluding diaryl/α,β-unsaturated/α-hetero) is 1. The van der Waals surface area contributed by atoms with Crippen molar-refractivity contribution in [1.29, 1.82) is 0 Å². The van der Waals surface area contributed by atoms with Crippen LogP contribution in [0.15, 0.2) is 18.2 Å². The summed E-state index contributed by atoms with van der Waals surface area (Å²) in [6, 6.07) is 3.19. The number of phenolic OH excluding ortho intramolecular Hbond substituents is 1. The van der Waals surface area contributed by atoms with Gasteiger partial charge < -0.3 is 15.0 Å². The number of carbonyl (C=O) groups excluding carboxylic acids is 2. The quantitative estimate of drug-likeness (QED) is 0.404. The molecule has 0 amide bonds. The van der Waals surface area contributed by atoms with E-state index in [1.165, 1.54) is 6.07 Å². The molecule has 0 heterocycles. The molecule has 0 atom stereocenters. The SMILES string of the molecule is O=C([O-])C(=O)Cc1ccc(O)c([N+](=O)[O-])c1. The Balaban J connectivity index is 3.00. The number of rotatable bonds is 4. The van der Waals surface area contributed by atoms with E-state index in [9.17, 15) is 24.8 Å². The largest absolute Gasteiger partial charge is 0.542 e. The van der Waals surface area contributed by atoms with E-state index in [0.717, 1.165) is 12.1 Å². The van der Waals surface area contributed by atoms with E-state index in [1.54, 1.807) is 0 Å². The van der Waals surface area contributed by atoms with Crippen LogP contribution in [0.4, 0.5) is 5.69 Å². The maximum Gasteiger partial charge on any atom is 0.310 e. The number of nitro groups is 1. The minimum atomic E-state index is -1.85. The highest BCUT2D eigenvalue weighted by atomic mass is 16.6. The molecule has 0 unspecified atom stereocenters. The van der Waals surface area contributed by atoms with Crippen molar-refractivity contribution < 1.29 is 24.7 Å². The molecular weight excluding hydrogens is 218 g/mol. The highest BCUT2D eigenvalue weighted by Crippen LogP contribution is 2.26. The normalized spacial score (nSPS) is 9.75. The van der Waals surface area contributed by atoms with Gasteiger partial charge in [-0.1, -0.05) is 6.07 Å². The van der Waals surface area contributed by atoms with Gasteiger partial charge >= 0.3 is 5.69 Å². The molecule has 0 radical (unpaired) electrons. The van der Waals surface area contributed by atoms with Crippen LogP contribution < -0.4 is 5.11 Å². The zero-order valence-corrected chi connectivity index (χ0v) is 7.87. The standard InChI is InChI=1S/C9H7NO6/c11-7-2-1-5(3-6(7)10(15)16)4-8(12)9(13)14/h1-3,11H,4H2,(H,13,14)/p-1. The third-order valence-electron chi connectivity index (χ3n) is 1.83. The van der Waals surface area contributed by atoms with E-state index in [-0.39, 0.29) is 5.56 Å². The molecule has 0 aliphatic carbocycles. The molecule has 16 heavy (non-hydrogen) atoms. The molecule has 0 saturated carbocycles. The minimum Gasteiger partial charge on any atom is -0.542 e. The zero-order valence-electron chi connectivity index (χ0n) is 7.87. The summed E-state index contributed by atoms with van der Waals surface area (Å²) in [5.74, 6) is -3.58. The summed E-state index contributed by atoms with van der Waals surface area (Å²) in [5, 5.41) is 29.7. The first kappa shape index (κ1) is 11.6. The van der Waals surface area contributed by atoms with E-state index in [0.29, 0.717) is 0 Å². The maximum atomic E-state index is 10.8. The molecule has 0 aliphatic heterocycles. The van der Waals surface area contributed by atoms with Crippen LogP contribution in [0.1, 0.15) is 5.56 Å². The fourth-order valence-corrected chi connectivity index (χ4v) is 1.08.